The van der Waals surface area contributed by atoms with Gasteiger partial charge in [-0.1, -0.05) is 77.8 Å². The third kappa shape index (κ3) is 14.8. The number of unbranched alkanes of at least 4 members (excludes halogenated alkanes) is 2. The number of hydrogen-bond donors (Lipinski definition) is 0. The van der Waals surface area contributed by atoms with Gasteiger partial charge in [0.15, 0.2) is 5.96 Å². The first-order valence-corrected chi connectivity index (χ1v) is 24.8. The molecule has 2 fully saturated rings. The van der Waals surface area contributed by atoms with Crippen molar-refractivity contribution in [1.82, 2.24) is 29.4 Å². The average molecular weight is 948 g/mol. The molecule has 1 aromatic rings. The predicted octanol–water partition coefficient (Wildman–Crippen LogP) is 4.89. The van der Waals surface area contributed by atoms with Gasteiger partial charge in [0, 0.05) is 111 Å². The van der Waals surface area contributed by atoms with Crippen LogP contribution in [0.4, 0.5) is 0 Å². The Bertz CT molecular complexity index is 1910. The molecule has 3 heterocycles. The van der Waals surface area contributed by atoms with Crippen molar-refractivity contribution in [3.63, 3.8) is 0 Å². The number of imide groups is 1. The second-order valence-electron chi connectivity index (χ2n) is 19.6. The smallest absolute Gasteiger partial charge is 0.253 e. The average Bonchev–Trinajstić information content (AvgIpc) is 3.93. The number of hydrogen-bond acceptors (Lipinski definition) is 10. The number of carbonyl (C=O) groups is 7. The molecule has 4 rings (SSSR count). The molecule has 3 aliphatic rings. The summed E-state index contributed by atoms with van der Waals surface area (Å²) in [6.45, 7) is 14.5. The van der Waals surface area contributed by atoms with Crippen molar-refractivity contribution in [2.24, 2.45) is 28.7 Å². The van der Waals surface area contributed by atoms with Crippen LogP contribution in [0.2, 0.25) is 0 Å². The van der Waals surface area contributed by atoms with Gasteiger partial charge in [0.2, 0.25) is 17.7 Å². The number of aliphatic imine (C=N–C) groups is 1. The van der Waals surface area contributed by atoms with E-state index in [2.05, 4.69) is 18.7 Å². The number of rotatable bonds is 25. The third-order valence-corrected chi connectivity index (χ3v) is 14.3. The Hall–Kier alpha value is -4.96. The standard InChI is InChI=1S/C52H81N7O9/c1-12-36(4)49(43(67-10)34-47(65)58-27-19-22-41(58)50(68-11)37(5)42(61)33-40(38(6)60)32-39-20-15-13-16-21-39)55(9)51(66)48(35(2)3)53-52(54(7)8)57-30-28-56(29-31-57)44(62)23-17-14-18-26-59-45(63)24-25-46(59)64/h13,15-16,20-21,24-25,35-37,40-41,43,48-50H,12,14,17-19,22-23,26-34H2,1-11H3/t36-,37-,40+,41-,43+,48-,49-,50+/m0/s1. The van der Waals surface area contributed by atoms with Crippen LogP contribution in [0.3, 0.4) is 0 Å². The number of ketones is 2. The number of likely N-dealkylation sites (N-methyl/N-ethyl adjacent to an activating group) is 1. The Morgan fingerprint density at radius 2 is 1.44 bits per heavy atom. The van der Waals surface area contributed by atoms with Gasteiger partial charge < -0.3 is 34.0 Å². The van der Waals surface area contributed by atoms with Crippen LogP contribution in [-0.4, -0.2) is 181 Å². The lowest BCUT2D eigenvalue weighted by Gasteiger charge is -2.41. The second kappa shape index (κ2) is 26.7. The topological polar surface area (TPSA) is 170 Å². The molecule has 3 aliphatic heterocycles. The summed E-state index contributed by atoms with van der Waals surface area (Å²) in [4.78, 5) is 108. The van der Waals surface area contributed by atoms with E-state index in [-0.39, 0.29) is 71.8 Å². The van der Waals surface area contributed by atoms with E-state index in [1.54, 1.807) is 26.2 Å². The lowest BCUT2D eigenvalue weighted by atomic mass is 9.84. The molecule has 0 saturated carbocycles. The zero-order valence-electron chi connectivity index (χ0n) is 42.9. The van der Waals surface area contributed by atoms with Crippen LogP contribution in [0.5, 0.6) is 0 Å². The Labute approximate surface area is 405 Å². The lowest BCUT2D eigenvalue weighted by Crippen LogP contribution is -2.56. The van der Waals surface area contributed by atoms with Gasteiger partial charge in [-0.2, -0.15) is 0 Å². The minimum atomic E-state index is -0.738. The summed E-state index contributed by atoms with van der Waals surface area (Å²) in [6.07, 6.45) is 6.59. The molecule has 0 aliphatic carbocycles. The highest BCUT2D eigenvalue weighted by molar-refractivity contribution is 6.12. The van der Waals surface area contributed by atoms with E-state index in [4.69, 9.17) is 14.5 Å². The Morgan fingerprint density at radius 1 is 0.809 bits per heavy atom. The number of carbonyl (C=O) groups excluding carboxylic acids is 7. The molecule has 16 heteroatoms. The lowest BCUT2D eigenvalue weighted by molar-refractivity contribution is -0.146. The summed E-state index contributed by atoms with van der Waals surface area (Å²) >= 11 is 0. The van der Waals surface area contributed by atoms with E-state index < -0.39 is 36.1 Å². The van der Waals surface area contributed by atoms with E-state index in [0.717, 1.165) is 24.8 Å². The molecule has 378 valence electrons. The van der Waals surface area contributed by atoms with Crippen LogP contribution >= 0.6 is 0 Å². The minimum Gasteiger partial charge on any atom is -0.379 e. The van der Waals surface area contributed by atoms with Crippen LogP contribution in [0.1, 0.15) is 105 Å². The summed E-state index contributed by atoms with van der Waals surface area (Å²) in [5.74, 6) is -1.44. The molecule has 5 amide bonds. The van der Waals surface area contributed by atoms with E-state index in [0.29, 0.717) is 77.3 Å². The third-order valence-electron chi connectivity index (χ3n) is 14.3. The molecule has 16 nitrogen and oxygen atoms in total. The monoisotopic (exact) mass is 948 g/mol. The molecule has 68 heavy (non-hydrogen) atoms. The fourth-order valence-electron chi connectivity index (χ4n) is 10.0. The molecule has 0 unspecified atom stereocenters. The number of Topliss-reactive ketones (excluding diaryl/α,β-unsaturated/α-hetero) is 2. The van der Waals surface area contributed by atoms with Crippen molar-refractivity contribution < 1.29 is 43.0 Å². The molecule has 0 spiro atoms. The van der Waals surface area contributed by atoms with Crippen molar-refractivity contribution >= 4 is 47.1 Å². The first kappa shape index (κ1) is 55.6. The van der Waals surface area contributed by atoms with Gasteiger partial charge in [-0.3, -0.25) is 38.5 Å². The van der Waals surface area contributed by atoms with Gasteiger partial charge in [-0.05, 0) is 56.4 Å². The Kier molecular flexibility index (Phi) is 21.8. The van der Waals surface area contributed by atoms with Gasteiger partial charge in [0.1, 0.15) is 17.6 Å². The summed E-state index contributed by atoms with van der Waals surface area (Å²) in [7, 11) is 8.75. The van der Waals surface area contributed by atoms with Crippen molar-refractivity contribution in [1.29, 1.82) is 0 Å². The van der Waals surface area contributed by atoms with E-state index in [1.807, 2.05) is 79.9 Å². The summed E-state index contributed by atoms with van der Waals surface area (Å²) in [5.41, 5.74) is 1.00. The van der Waals surface area contributed by atoms with E-state index in [9.17, 15) is 33.6 Å². The summed E-state index contributed by atoms with van der Waals surface area (Å²) < 4.78 is 12.2. The number of benzene rings is 1. The van der Waals surface area contributed by atoms with Gasteiger partial charge >= 0.3 is 0 Å². The highest BCUT2D eigenvalue weighted by Crippen LogP contribution is 2.31. The molecule has 1 aromatic carbocycles. The first-order valence-electron chi connectivity index (χ1n) is 24.8. The van der Waals surface area contributed by atoms with E-state index >= 15 is 0 Å². The molecular formula is C52H81N7O9. The van der Waals surface area contributed by atoms with Crippen LogP contribution in [0.15, 0.2) is 47.5 Å². The molecule has 8 atom stereocenters. The van der Waals surface area contributed by atoms with Crippen molar-refractivity contribution in [3.8, 4) is 0 Å². The maximum atomic E-state index is 14.8. The highest BCUT2D eigenvalue weighted by Gasteiger charge is 2.43. The number of nitrogens with zero attached hydrogens (tertiary/aromatic N) is 7. The van der Waals surface area contributed by atoms with Gasteiger partial charge in [-0.15, -0.1) is 0 Å². The minimum absolute atomic E-state index is 0.0295. The number of methoxy groups -OCH3 is 2. The Morgan fingerprint density at radius 3 is 2.00 bits per heavy atom. The molecule has 0 aromatic heterocycles. The fourth-order valence-corrected chi connectivity index (χ4v) is 10.0. The van der Waals surface area contributed by atoms with E-state index in [1.165, 1.54) is 24.0 Å². The van der Waals surface area contributed by atoms with Gasteiger partial charge in [0.25, 0.3) is 11.8 Å². The van der Waals surface area contributed by atoms with Crippen molar-refractivity contribution in [2.45, 2.75) is 136 Å². The van der Waals surface area contributed by atoms with Crippen LogP contribution in [-0.2, 0) is 49.5 Å². The number of ether oxygens (including phenoxy) is 2. The number of piperazine rings is 1. The molecule has 0 N–H and O–H groups in total. The molecule has 0 radical (unpaired) electrons. The SMILES string of the molecule is CC[C@H](C)[C@@H]([C@@H](CC(=O)N1CCC[C@H]1[C@H](OC)[C@@H](C)C(=O)C[C@@H](Cc1ccccc1)C(C)=O)OC)N(C)C(=O)[C@@H](N=C(N(C)C)N1CCN(C(=O)CCCCCN2C(=O)C=CC2=O)CC1)C(C)C. The maximum Gasteiger partial charge on any atom is 0.253 e. The second-order valence-corrected chi connectivity index (χ2v) is 19.6. The molecule has 2 saturated heterocycles. The normalized spacial score (nSPS) is 19.8. The van der Waals surface area contributed by atoms with Crippen LogP contribution < -0.4 is 0 Å². The van der Waals surface area contributed by atoms with Crippen molar-refractivity contribution in [3.05, 3.63) is 48.0 Å². The zero-order valence-corrected chi connectivity index (χ0v) is 42.9. The summed E-state index contributed by atoms with van der Waals surface area (Å²) in [6, 6.07) is 8.17. The highest BCUT2D eigenvalue weighted by atomic mass is 16.5. The maximum absolute atomic E-state index is 14.8. The molecule has 0 bridgehead atoms. The predicted molar refractivity (Wildman–Crippen MR) is 262 cm³/mol. The first-order chi connectivity index (χ1) is 32.3. The van der Waals surface area contributed by atoms with Crippen LogP contribution in [0.25, 0.3) is 0 Å². The van der Waals surface area contributed by atoms with Gasteiger partial charge in [-0.25, -0.2) is 4.99 Å². The number of guanidine groups is 1. The largest absolute Gasteiger partial charge is 0.379 e. The fraction of sp³-hybridized carbons (Fsp3) is 0.692. The number of likely N-dealkylation sites (tertiary alicyclic amines) is 1. The van der Waals surface area contributed by atoms with Crippen molar-refractivity contribution in [2.75, 3.05) is 74.6 Å². The van der Waals surface area contributed by atoms with Gasteiger partial charge in [0.05, 0.1) is 30.7 Å². The summed E-state index contributed by atoms with van der Waals surface area (Å²) in [5, 5.41) is 0. The quantitative estimate of drug-likeness (QED) is 0.0567. The number of amides is 5. The Balaban J connectivity index is 1.41. The molecular weight excluding hydrogens is 867 g/mol. The zero-order chi connectivity index (χ0) is 50.2. The van der Waals surface area contributed by atoms with Crippen LogP contribution in [0, 0.1) is 23.7 Å².